The molecule has 1 aliphatic rings. The average molecular weight is 227 g/mol. The summed E-state index contributed by atoms with van der Waals surface area (Å²) in [6.45, 7) is 1.00. The monoisotopic (exact) mass is 227 g/mol. The fraction of sp³-hybridized carbons (Fsp3) is 0.727. The Labute approximate surface area is 96.8 Å². The van der Waals surface area contributed by atoms with Gasteiger partial charge in [0.25, 0.3) is 0 Å². The summed E-state index contributed by atoms with van der Waals surface area (Å²) in [7, 11) is 1.83. The number of nitrogens with one attached hydrogen (secondary N) is 2. The molecule has 0 unspecified atom stereocenters. The SMILES string of the molecule is CN=C(NCCCSC)NC1CC=CC1. The maximum Gasteiger partial charge on any atom is 0.191 e. The van der Waals surface area contributed by atoms with Gasteiger partial charge < -0.3 is 10.6 Å². The molecule has 86 valence electrons. The van der Waals surface area contributed by atoms with E-state index in [0.717, 1.165) is 25.3 Å². The molecule has 0 radical (unpaired) electrons. The highest BCUT2D eigenvalue weighted by Crippen LogP contribution is 2.08. The Morgan fingerprint density at radius 1 is 1.47 bits per heavy atom. The molecule has 3 nitrogen and oxygen atoms in total. The van der Waals surface area contributed by atoms with Crippen LogP contribution in [0.2, 0.25) is 0 Å². The maximum absolute atomic E-state index is 4.21. The van der Waals surface area contributed by atoms with Gasteiger partial charge in [0.2, 0.25) is 0 Å². The summed E-state index contributed by atoms with van der Waals surface area (Å²) in [6.07, 6.45) is 10.00. The minimum atomic E-state index is 0.539. The Hall–Kier alpha value is -0.640. The van der Waals surface area contributed by atoms with Crippen molar-refractivity contribution in [3.63, 3.8) is 0 Å². The normalized spacial score (nSPS) is 17.1. The lowest BCUT2D eigenvalue weighted by molar-refractivity contribution is 0.632. The molecular weight excluding hydrogens is 206 g/mol. The number of nitrogens with zero attached hydrogens (tertiary/aromatic N) is 1. The summed E-state index contributed by atoms with van der Waals surface area (Å²) in [5.74, 6) is 2.14. The lowest BCUT2D eigenvalue weighted by atomic mass is 10.2. The third-order valence-corrected chi connectivity index (χ3v) is 3.09. The van der Waals surface area contributed by atoms with E-state index in [-0.39, 0.29) is 0 Å². The van der Waals surface area contributed by atoms with Crippen LogP contribution in [0.3, 0.4) is 0 Å². The molecule has 0 saturated heterocycles. The second-order valence-electron chi connectivity index (χ2n) is 3.63. The number of aliphatic imine (C=N–C) groups is 1. The first-order valence-corrected chi connectivity index (χ1v) is 6.87. The van der Waals surface area contributed by atoms with E-state index in [4.69, 9.17) is 0 Å². The second kappa shape index (κ2) is 7.63. The first kappa shape index (κ1) is 12.4. The van der Waals surface area contributed by atoms with Crippen LogP contribution in [0.25, 0.3) is 0 Å². The second-order valence-corrected chi connectivity index (χ2v) is 4.62. The van der Waals surface area contributed by atoms with Crippen LogP contribution in [0, 0.1) is 0 Å². The van der Waals surface area contributed by atoms with E-state index in [1.807, 2.05) is 18.8 Å². The molecule has 0 aliphatic heterocycles. The molecule has 15 heavy (non-hydrogen) atoms. The van der Waals surface area contributed by atoms with E-state index in [0.29, 0.717) is 6.04 Å². The van der Waals surface area contributed by atoms with Crippen molar-refractivity contribution >= 4 is 17.7 Å². The minimum Gasteiger partial charge on any atom is -0.356 e. The average Bonchev–Trinajstić information content (AvgIpc) is 2.75. The maximum atomic E-state index is 4.21. The van der Waals surface area contributed by atoms with Gasteiger partial charge in [0.05, 0.1) is 0 Å². The highest BCUT2D eigenvalue weighted by atomic mass is 32.2. The Balaban J connectivity index is 2.13. The van der Waals surface area contributed by atoms with E-state index < -0.39 is 0 Å². The van der Waals surface area contributed by atoms with Crippen LogP contribution in [0.4, 0.5) is 0 Å². The summed E-state index contributed by atoms with van der Waals surface area (Å²) >= 11 is 1.88. The van der Waals surface area contributed by atoms with Crippen molar-refractivity contribution in [3.8, 4) is 0 Å². The predicted molar refractivity (Wildman–Crippen MR) is 69.7 cm³/mol. The van der Waals surface area contributed by atoms with Crippen molar-refractivity contribution in [2.45, 2.75) is 25.3 Å². The molecule has 1 aliphatic carbocycles. The van der Waals surface area contributed by atoms with Crippen molar-refractivity contribution in [2.75, 3.05) is 25.6 Å². The van der Waals surface area contributed by atoms with Crippen LogP contribution >= 0.6 is 11.8 Å². The molecule has 0 saturated carbocycles. The molecule has 0 bridgehead atoms. The van der Waals surface area contributed by atoms with E-state index in [9.17, 15) is 0 Å². The minimum absolute atomic E-state index is 0.539. The molecule has 0 spiro atoms. The van der Waals surface area contributed by atoms with Gasteiger partial charge in [0, 0.05) is 19.6 Å². The first-order valence-electron chi connectivity index (χ1n) is 5.48. The molecule has 2 N–H and O–H groups in total. The van der Waals surface area contributed by atoms with Gasteiger partial charge in [-0.15, -0.1) is 0 Å². The van der Waals surface area contributed by atoms with Gasteiger partial charge >= 0.3 is 0 Å². The van der Waals surface area contributed by atoms with Gasteiger partial charge in [0.15, 0.2) is 5.96 Å². The van der Waals surface area contributed by atoms with E-state index in [1.165, 1.54) is 12.2 Å². The third kappa shape index (κ3) is 5.11. The smallest absolute Gasteiger partial charge is 0.191 e. The fourth-order valence-electron chi connectivity index (χ4n) is 1.55. The predicted octanol–water partition coefficient (Wildman–Crippen LogP) is 1.62. The topological polar surface area (TPSA) is 36.4 Å². The van der Waals surface area contributed by atoms with Gasteiger partial charge in [-0.2, -0.15) is 11.8 Å². The molecule has 0 aromatic heterocycles. The first-order chi connectivity index (χ1) is 7.36. The number of thioether (sulfide) groups is 1. The Kier molecular flexibility index (Phi) is 6.32. The van der Waals surface area contributed by atoms with Crippen molar-refractivity contribution in [2.24, 2.45) is 4.99 Å². The van der Waals surface area contributed by atoms with Crippen molar-refractivity contribution < 1.29 is 0 Å². The molecule has 0 aromatic carbocycles. The van der Waals surface area contributed by atoms with E-state index in [1.54, 1.807) is 0 Å². The summed E-state index contributed by atoms with van der Waals surface area (Å²) in [5, 5.41) is 6.74. The molecule has 0 heterocycles. The summed E-state index contributed by atoms with van der Waals surface area (Å²) in [4.78, 5) is 4.21. The Morgan fingerprint density at radius 2 is 2.20 bits per heavy atom. The zero-order chi connectivity index (χ0) is 10.9. The highest BCUT2D eigenvalue weighted by molar-refractivity contribution is 7.98. The van der Waals surface area contributed by atoms with Crippen LogP contribution in [-0.2, 0) is 0 Å². The van der Waals surface area contributed by atoms with Crippen LogP contribution < -0.4 is 10.6 Å². The largest absolute Gasteiger partial charge is 0.356 e. The number of guanidine groups is 1. The summed E-state index contributed by atoms with van der Waals surface area (Å²) < 4.78 is 0. The van der Waals surface area contributed by atoms with Gasteiger partial charge in [-0.05, 0) is 31.3 Å². The Bertz CT molecular complexity index is 218. The summed E-state index contributed by atoms with van der Waals surface area (Å²) in [6, 6.07) is 0.539. The van der Waals surface area contributed by atoms with E-state index in [2.05, 4.69) is 34.0 Å². The lowest BCUT2D eigenvalue weighted by Gasteiger charge is -2.16. The van der Waals surface area contributed by atoms with Gasteiger partial charge in [-0.25, -0.2) is 0 Å². The number of rotatable bonds is 5. The summed E-state index contributed by atoms with van der Waals surface area (Å²) in [5.41, 5.74) is 0. The molecule has 4 heteroatoms. The molecule has 0 atom stereocenters. The van der Waals surface area contributed by atoms with Crippen LogP contribution in [0.5, 0.6) is 0 Å². The zero-order valence-corrected chi connectivity index (χ0v) is 10.4. The molecular formula is C11H21N3S. The number of hydrogen-bond donors (Lipinski definition) is 2. The zero-order valence-electron chi connectivity index (χ0n) is 9.62. The Morgan fingerprint density at radius 3 is 2.80 bits per heavy atom. The third-order valence-electron chi connectivity index (χ3n) is 2.39. The van der Waals surface area contributed by atoms with Crippen LogP contribution in [-0.4, -0.2) is 37.6 Å². The van der Waals surface area contributed by atoms with Gasteiger partial charge in [-0.1, -0.05) is 12.2 Å². The van der Waals surface area contributed by atoms with Crippen molar-refractivity contribution in [1.29, 1.82) is 0 Å². The lowest BCUT2D eigenvalue weighted by Crippen LogP contribution is -2.42. The molecule has 1 rings (SSSR count). The van der Waals surface area contributed by atoms with Crippen LogP contribution in [0.15, 0.2) is 17.1 Å². The van der Waals surface area contributed by atoms with Crippen LogP contribution in [0.1, 0.15) is 19.3 Å². The van der Waals surface area contributed by atoms with Crippen molar-refractivity contribution in [3.05, 3.63) is 12.2 Å². The van der Waals surface area contributed by atoms with Gasteiger partial charge in [-0.3, -0.25) is 4.99 Å². The van der Waals surface area contributed by atoms with Crippen molar-refractivity contribution in [1.82, 2.24) is 10.6 Å². The fourth-order valence-corrected chi connectivity index (χ4v) is 1.98. The van der Waals surface area contributed by atoms with E-state index >= 15 is 0 Å². The molecule has 0 fully saturated rings. The molecule has 0 amide bonds. The standard InChI is InChI=1S/C11H21N3S/c1-12-11(13-8-5-9-15-2)14-10-6-3-4-7-10/h3-4,10H,5-9H2,1-2H3,(H2,12,13,14). The quantitative estimate of drug-likeness (QED) is 0.324. The molecule has 0 aromatic rings. The number of hydrogen-bond acceptors (Lipinski definition) is 2. The highest BCUT2D eigenvalue weighted by Gasteiger charge is 2.10. The van der Waals surface area contributed by atoms with Gasteiger partial charge in [0.1, 0.15) is 0 Å².